The summed E-state index contributed by atoms with van der Waals surface area (Å²) in [5.41, 5.74) is 3.24. The Morgan fingerprint density at radius 3 is 2.75 bits per heavy atom. The molecular formula is C21H25BrN2O3S. The molecule has 0 atom stereocenters. The molecule has 0 saturated carbocycles. The molecule has 5 nitrogen and oxygen atoms in total. The number of benzene rings is 1. The molecule has 1 aromatic carbocycles. The molecular weight excluding hydrogens is 440 g/mol. The Hall–Kier alpha value is -1.70. The largest absolute Gasteiger partial charge is 0.385 e. The maximum Gasteiger partial charge on any atom is 0.256 e. The van der Waals surface area contributed by atoms with Crippen molar-refractivity contribution in [3.05, 3.63) is 49.8 Å². The van der Waals surface area contributed by atoms with Gasteiger partial charge in [0.2, 0.25) is 0 Å². The van der Waals surface area contributed by atoms with E-state index >= 15 is 0 Å². The van der Waals surface area contributed by atoms with Crippen molar-refractivity contribution in [3.8, 4) is 0 Å². The lowest BCUT2D eigenvalue weighted by atomic mass is 9.95. The number of hydrogen-bond acceptors (Lipinski definition) is 4. The van der Waals surface area contributed by atoms with E-state index in [1.54, 1.807) is 13.2 Å². The number of thiophene rings is 1. The second kappa shape index (κ2) is 9.67. The van der Waals surface area contributed by atoms with Crippen molar-refractivity contribution < 1.29 is 14.3 Å². The smallest absolute Gasteiger partial charge is 0.256 e. The summed E-state index contributed by atoms with van der Waals surface area (Å²) in [6, 6.07) is 5.56. The first-order valence-corrected chi connectivity index (χ1v) is 11.1. The fourth-order valence-corrected chi connectivity index (χ4v) is 5.21. The number of methoxy groups -OCH3 is 1. The van der Waals surface area contributed by atoms with Gasteiger partial charge in [0.15, 0.2) is 0 Å². The summed E-state index contributed by atoms with van der Waals surface area (Å²) in [5.74, 6) is -0.296. The zero-order chi connectivity index (χ0) is 20.1. The van der Waals surface area contributed by atoms with Crippen LogP contribution in [0.3, 0.4) is 0 Å². The average Bonchev–Trinajstić information content (AvgIpc) is 3.02. The van der Waals surface area contributed by atoms with E-state index in [1.165, 1.54) is 16.2 Å². The van der Waals surface area contributed by atoms with Crippen LogP contribution in [0.2, 0.25) is 0 Å². The molecule has 7 heteroatoms. The van der Waals surface area contributed by atoms with Gasteiger partial charge in [-0.15, -0.1) is 11.3 Å². The van der Waals surface area contributed by atoms with Gasteiger partial charge in [0.05, 0.1) is 5.56 Å². The third-order valence-corrected chi connectivity index (χ3v) is 6.57. The molecule has 2 N–H and O–H groups in total. The number of hydrogen-bond donors (Lipinski definition) is 2. The minimum Gasteiger partial charge on any atom is -0.385 e. The second-order valence-electron chi connectivity index (χ2n) is 6.93. The molecule has 0 radical (unpaired) electrons. The summed E-state index contributed by atoms with van der Waals surface area (Å²) >= 11 is 4.96. The van der Waals surface area contributed by atoms with Crippen molar-refractivity contribution in [2.75, 3.05) is 25.6 Å². The molecule has 0 saturated heterocycles. The summed E-state index contributed by atoms with van der Waals surface area (Å²) in [6.45, 7) is 3.06. The molecule has 28 heavy (non-hydrogen) atoms. The average molecular weight is 465 g/mol. The van der Waals surface area contributed by atoms with Crippen LogP contribution in [-0.2, 0) is 17.6 Å². The third kappa shape index (κ3) is 4.82. The monoisotopic (exact) mass is 464 g/mol. The van der Waals surface area contributed by atoms with Crippen LogP contribution < -0.4 is 10.6 Å². The standard InChI is InChI=1S/C21H25BrN2O3S/c1-13-12-14(22)8-9-15(13)19(25)24-21-18(20(26)23-10-5-11-27-2)16-6-3-4-7-17(16)28-21/h8-9,12H,3-7,10-11H2,1-2H3,(H,23,26)(H,24,25). The van der Waals surface area contributed by atoms with E-state index in [4.69, 9.17) is 4.74 Å². The second-order valence-corrected chi connectivity index (χ2v) is 8.95. The molecule has 0 bridgehead atoms. The number of halogens is 1. The van der Waals surface area contributed by atoms with Gasteiger partial charge in [-0.1, -0.05) is 15.9 Å². The zero-order valence-electron chi connectivity index (χ0n) is 16.2. The molecule has 0 unspecified atom stereocenters. The van der Waals surface area contributed by atoms with E-state index in [0.717, 1.165) is 47.7 Å². The summed E-state index contributed by atoms with van der Waals surface area (Å²) in [6.07, 6.45) is 4.82. The lowest BCUT2D eigenvalue weighted by Gasteiger charge is -2.13. The summed E-state index contributed by atoms with van der Waals surface area (Å²) in [4.78, 5) is 27.0. The number of aryl methyl sites for hydroxylation is 2. The van der Waals surface area contributed by atoms with Gasteiger partial charge < -0.3 is 15.4 Å². The van der Waals surface area contributed by atoms with E-state index in [-0.39, 0.29) is 11.8 Å². The minimum atomic E-state index is -0.183. The Balaban J connectivity index is 1.84. The van der Waals surface area contributed by atoms with E-state index in [9.17, 15) is 9.59 Å². The zero-order valence-corrected chi connectivity index (χ0v) is 18.6. The highest BCUT2D eigenvalue weighted by molar-refractivity contribution is 9.10. The quantitative estimate of drug-likeness (QED) is 0.582. The van der Waals surface area contributed by atoms with Crippen LogP contribution in [-0.4, -0.2) is 32.1 Å². The first-order valence-electron chi connectivity index (χ1n) is 9.50. The van der Waals surface area contributed by atoms with Gasteiger partial charge in [-0.2, -0.15) is 0 Å². The predicted octanol–water partition coefficient (Wildman–Crippen LogP) is 4.72. The molecule has 1 aliphatic rings. The number of carbonyl (C=O) groups is 2. The summed E-state index contributed by atoms with van der Waals surface area (Å²) < 4.78 is 5.97. The predicted molar refractivity (Wildman–Crippen MR) is 117 cm³/mol. The highest BCUT2D eigenvalue weighted by Gasteiger charge is 2.26. The van der Waals surface area contributed by atoms with Gasteiger partial charge in [0, 0.05) is 35.2 Å². The molecule has 0 aliphatic heterocycles. The minimum absolute atomic E-state index is 0.113. The van der Waals surface area contributed by atoms with Crippen LogP contribution in [0, 0.1) is 6.92 Å². The first kappa shape index (κ1) is 21.0. The van der Waals surface area contributed by atoms with Crippen LogP contribution >= 0.6 is 27.3 Å². The Morgan fingerprint density at radius 1 is 1.21 bits per heavy atom. The van der Waals surface area contributed by atoms with Crippen molar-refractivity contribution in [2.45, 2.75) is 39.0 Å². The molecule has 1 aliphatic carbocycles. The van der Waals surface area contributed by atoms with Crippen molar-refractivity contribution in [3.63, 3.8) is 0 Å². The van der Waals surface area contributed by atoms with Gasteiger partial charge >= 0.3 is 0 Å². The van der Waals surface area contributed by atoms with Crippen LogP contribution in [0.1, 0.15) is 56.0 Å². The van der Waals surface area contributed by atoms with Gasteiger partial charge in [0.25, 0.3) is 11.8 Å². The molecule has 3 rings (SSSR count). The number of nitrogens with one attached hydrogen (secondary N) is 2. The SMILES string of the molecule is COCCCNC(=O)c1c(NC(=O)c2ccc(Br)cc2C)sc2c1CCCC2. The highest BCUT2D eigenvalue weighted by Crippen LogP contribution is 2.38. The summed E-state index contributed by atoms with van der Waals surface area (Å²) in [5, 5.41) is 6.63. The lowest BCUT2D eigenvalue weighted by Crippen LogP contribution is -2.27. The first-order chi connectivity index (χ1) is 13.5. The van der Waals surface area contributed by atoms with Gasteiger partial charge in [0.1, 0.15) is 5.00 Å². The molecule has 2 aromatic rings. The Bertz CT molecular complexity index is 879. The normalized spacial score (nSPS) is 13.1. The topological polar surface area (TPSA) is 67.4 Å². The number of rotatable bonds is 7. The molecule has 1 heterocycles. The van der Waals surface area contributed by atoms with Crippen LogP contribution in [0.15, 0.2) is 22.7 Å². The molecule has 0 spiro atoms. The number of amides is 2. The molecule has 0 fully saturated rings. The van der Waals surface area contributed by atoms with E-state index in [1.807, 2.05) is 19.1 Å². The fraction of sp³-hybridized carbons (Fsp3) is 0.429. The van der Waals surface area contributed by atoms with E-state index in [0.29, 0.717) is 29.3 Å². The maximum absolute atomic E-state index is 12.9. The summed E-state index contributed by atoms with van der Waals surface area (Å²) in [7, 11) is 1.65. The molecule has 1 aromatic heterocycles. The van der Waals surface area contributed by atoms with Gasteiger partial charge in [-0.3, -0.25) is 9.59 Å². The van der Waals surface area contributed by atoms with Crippen molar-refractivity contribution in [1.82, 2.24) is 5.32 Å². The van der Waals surface area contributed by atoms with Gasteiger partial charge in [-0.25, -0.2) is 0 Å². The van der Waals surface area contributed by atoms with Crippen LogP contribution in [0.25, 0.3) is 0 Å². The molecule has 150 valence electrons. The Kier molecular flexibility index (Phi) is 7.26. The van der Waals surface area contributed by atoms with Crippen molar-refractivity contribution >= 4 is 44.1 Å². The van der Waals surface area contributed by atoms with Crippen molar-refractivity contribution in [1.29, 1.82) is 0 Å². The van der Waals surface area contributed by atoms with E-state index in [2.05, 4.69) is 26.6 Å². The Labute approximate surface area is 178 Å². The number of fused-ring (bicyclic) bond motifs is 1. The number of anilines is 1. The number of carbonyl (C=O) groups excluding carboxylic acids is 2. The van der Waals surface area contributed by atoms with E-state index < -0.39 is 0 Å². The third-order valence-electron chi connectivity index (χ3n) is 4.87. The van der Waals surface area contributed by atoms with Crippen LogP contribution in [0.5, 0.6) is 0 Å². The highest BCUT2D eigenvalue weighted by atomic mass is 79.9. The van der Waals surface area contributed by atoms with Gasteiger partial charge in [-0.05, 0) is 68.4 Å². The lowest BCUT2D eigenvalue weighted by molar-refractivity contribution is 0.0948. The van der Waals surface area contributed by atoms with Crippen LogP contribution in [0.4, 0.5) is 5.00 Å². The fourth-order valence-electron chi connectivity index (χ4n) is 3.45. The maximum atomic E-state index is 12.9. The number of ether oxygens (including phenoxy) is 1. The van der Waals surface area contributed by atoms with Crippen molar-refractivity contribution in [2.24, 2.45) is 0 Å². The molecule has 2 amide bonds. The Morgan fingerprint density at radius 2 is 2.00 bits per heavy atom.